The zero-order valence-corrected chi connectivity index (χ0v) is 8.56. The molecule has 0 radical (unpaired) electrons. The number of amides is 1. The van der Waals surface area contributed by atoms with E-state index in [-0.39, 0.29) is 12.1 Å². The second-order valence-electron chi connectivity index (χ2n) is 3.71. The first-order valence-corrected chi connectivity index (χ1v) is 4.94. The Morgan fingerprint density at radius 1 is 1.71 bits per heavy atom. The predicted octanol–water partition coefficient (Wildman–Crippen LogP) is 1.02. The molecule has 4 heteroatoms. The van der Waals surface area contributed by atoms with Gasteiger partial charge >= 0.3 is 0 Å². The summed E-state index contributed by atoms with van der Waals surface area (Å²) in [6.45, 7) is 4.35. The van der Waals surface area contributed by atoms with Crippen LogP contribution in [0.2, 0.25) is 0 Å². The van der Waals surface area contributed by atoms with Crippen LogP contribution in [0.25, 0.3) is 0 Å². The Kier molecular flexibility index (Phi) is 2.27. The van der Waals surface area contributed by atoms with Gasteiger partial charge in [0.2, 0.25) is 12.1 Å². The summed E-state index contributed by atoms with van der Waals surface area (Å²) in [5.41, 5.74) is 0. The van der Waals surface area contributed by atoms with Crippen molar-refractivity contribution in [2.75, 3.05) is 6.54 Å². The summed E-state index contributed by atoms with van der Waals surface area (Å²) in [5, 5.41) is 0. The van der Waals surface area contributed by atoms with Gasteiger partial charge in [-0.25, -0.2) is 4.52 Å². The lowest BCUT2D eigenvalue weighted by Gasteiger charge is -2.15. The van der Waals surface area contributed by atoms with E-state index in [0.29, 0.717) is 0 Å². The maximum Gasteiger partial charge on any atom is 0.279 e. The van der Waals surface area contributed by atoms with Gasteiger partial charge in [-0.2, -0.15) is 0 Å². The molecule has 1 unspecified atom stereocenters. The molecule has 1 saturated heterocycles. The predicted molar refractivity (Wildman–Crippen MR) is 49.3 cm³/mol. The quantitative estimate of drug-likeness (QED) is 0.627. The van der Waals surface area contributed by atoms with Crippen LogP contribution in [0.15, 0.2) is 16.8 Å². The Labute approximate surface area is 83.1 Å². The van der Waals surface area contributed by atoms with E-state index in [2.05, 4.69) is 0 Å². The Hall–Kier alpha value is -1.32. The van der Waals surface area contributed by atoms with E-state index in [4.69, 9.17) is 4.52 Å². The minimum atomic E-state index is 0.0844. The van der Waals surface area contributed by atoms with Gasteiger partial charge in [0.15, 0.2) is 5.76 Å². The molecule has 76 valence electrons. The first-order chi connectivity index (χ1) is 6.68. The molecule has 1 aromatic heterocycles. The molecule has 4 nitrogen and oxygen atoms in total. The molecule has 1 aromatic rings. The Morgan fingerprint density at radius 2 is 2.50 bits per heavy atom. The number of aromatic nitrogens is 1. The first-order valence-electron chi connectivity index (χ1n) is 4.94. The van der Waals surface area contributed by atoms with Gasteiger partial charge in [0, 0.05) is 31.6 Å². The number of nitrogens with zero attached hydrogens (tertiary/aromatic N) is 2. The van der Waals surface area contributed by atoms with Crippen LogP contribution in [0.4, 0.5) is 0 Å². The van der Waals surface area contributed by atoms with Crippen LogP contribution in [0.1, 0.15) is 31.7 Å². The van der Waals surface area contributed by atoms with Gasteiger partial charge in [-0.3, -0.25) is 9.69 Å². The van der Waals surface area contributed by atoms with Gasteiger partial charge in [0.25, 0.3) is 6.17 Å². The normalized spacial score (nSPS) is 21.6. The molecule has 1 aliphatic rings. The standard InChI is InChI=1S/C10H15N2O2/c1-8-5-7-12(14-8)10-4-3-6-11(10)9(2)13/h5,7,10H,3-4,6H2,1-2H3/q+1. The largest absolute Gasteiger partial charge is 0.281 e. The number of likely N-dealkylation sites (tertiary alicyclic amines) is 1. The molecule has 1 amide bonds. The van der Waals surface area contributed by atoms with E-state index in [9.17, 15) is 4.79 Å². The molecule has 1 aliphatic heterocycles. The van der Waals surface area contributed by atoms with Crippen molar-refractivity contribution in [2.24, 2.45) is 0 Å². The minimum Gasteiger partial charge on any atom is -0.281 e. The second kappa shape index (κ2) is 3.44. The van der Waals surface area contributed by atoms with E-state index < -0.39 is 0 Å². The van der Waals surface area contributed by atoms with E-state index >= 15 is 0 Å². The summed E-state index contributed by atoms with van der Waals surface area (Å²) in [4.78, 5) is 13.2. The average Bonchev–Trinajstić information content (AvgIpc) is 2.70. The summed E-state index contributed by atoms with van der Waals surface area (Å²) in [6, 6.07) is 1.91. The molecule has 0 saturated carbocycles. The zero-order chi connectivity index (χ0) is 10.1. The summed E-state index contributed by atoms with van der Waals surface area (Å²) in [6.07, 6.45) is 4.01. The van der Waals surface area contributed by atoms with Crippen molar-refractivity contribution in [2.45, 2.75) is 32.9 Å². The topological polar surface area (TPSA) is 37.3 Å². The summed E-state index contributed by atoms with van der Waals surface area (Å²) in [5.74, 6) is 0.995. The van der Waals surface area contributed by atoms with Crippen LogP contribution >= 0.6 is 0 Å². The van der Waals surface area contributed by atoms with Crippen molar-refractivity contribution >= 4 is 5.91 Å². The third-order valence-electron chi connectivity index (χ3n) is 2.62. The SMILES string of the molecule is CC(=O)N1CCCC1[n+]1ccc(C)o1. The van der Waals surface area contributed by atoms with Crippen LogP contribution in [0, 0.1) is 6.92 Å². The summed E-state index contributed by atoms with van der Waals surface area (Å²) >= 11 is 0. The fourth-order valence-corrected chi connectivity index (χ4v) is 1.95. The molecule has 1 atom stereocenters. The lowest BCUT2D eigenvalue weighted by atomic mass is 10.3. The van der Waals surface area contributed by atoms with Crippen molar-refractivity contribution in [3.8, 4) is 0 Å². The molecule has 0 N–H and O–H groups in total. The minimum absolute atomic E-state index is 0.0844. The fourth-order valence-electron chi connectivity index (χ4n) is 1.95. The van der Waals surface area contributed by atoms with Gasteiger partial charge < -0.3 is 0 Å². The maximum absolute atomic E-state index is 11.3. The van der Waals surface area contributed by atoms with Gasteiger partial charge in [-0.15, -0.1) is 0 Å². The van der Waals surface area contributed by atoms with Crippen LogP contribution < -0.4 is 4.74 Å². The van der Waals surface area contributed by atoms with Crippen LogP contribution in [-0.2, 0) is 4.79 Å². The highest BCUT2D eigenvalue weighted by atomic mass is 16.5. The van der Waals surface area contributed by atoms with Gasteiger partial charge in [0.1, 0.15) is 0 Å². The van der Waals surface area contributed by atoms with Crippen molar-refractivity contribution in [1.82, 2.24) is 4.90 Å². The van der Waals surface area contributed by atoms with Crippen molar-refractivity contribution < 1.29 is 14.1 Å². The number of aryl methyl sites for hydroxylation is 1. The summed E-state index contributed by atoms with van der Waals surface area (Å²) < 4.78 is 7.24. The highest BCUT2D eigenvalue weighted by Gasteiger charge is 2.36. The zero-order valence-electron chi connectivity index (χ0n) is 8.56. The van der Waals surface area contributed by atoms with Gasteiger partial charge in [0.05, 0.1) is 6.07 Å². The third-order valence-corrected chi connectivity index (χ3v) is 2.62. The maximum atomic E-state index is 11.3. The molecule has 0 aromatic carbocycles. The Bertz CT molecular complexity index is 346. The van der Waals surface area contributed by atoms with E-state index in [1.165, 1.54) is 0 Å². The molecule has 1 fully saturated rings. The van der Waals surface area contributed by atoms with E-state index in [1.807, 2.05) is 24.1 Å². The number of hydrogen-bond acceptors (Lipinski definition) is 2. The number of carbonyl (C=O) groups excluding carboxylic acids is 1. The third kappa shape index (κ3) is 1.52. The smallest absolute Gasteiger partial charge is 0.279 e. The molecule has 14 heavy (non-hydrogen) atoms. The highest BCUT2D eigenvalue weighted by molar-refractivity contribution is 5.73. The fraction of sp³-hybridized carbons (Fsp3) is 0.600. The van der Waals surface area contributed by atoms with Gasteiger partial charge in [-0.05, 0) is 6.42 Å². The van der Waals surface area contributed by atoms with E-state index in [0.717, 1.165) is 25.1 Å². The molecule has 0 bridgehead atoms. The van der Waals surface area contributed by atoms with Crippen molar-refractivity contribution in [1.29, 1.82) is 0 Å². The molecular formula is C10H15N2O2+. The van der Waals surface area contributed by atoms with Crippen LogP contribution in [-0.4, -0.2) is 17.4 Å². The van der Waals surface area contributed by atoms with Crippen LogP contribution in [0.5, 0.6) is 0 Å². The van der Waals surface area contributed by atoms with Crippen LogP contribution in [0.3, 0.4) is 0 Å². The van der Waals surface area contributed by atoms with E-state index in [1.54, 1.807) is 11.7 Å². The number of rotatable bonds is 1. The molecular weight excluding hydrogens is 180 g/mol. The Balaban J connectivity index is 2.21. The van der Waals surface area contributed by atoms with Crippen molar-refractivity contribution in [3.63, 3.8) is 0 Å². The van der Waals surface area contributed by atoms with Crippen molar-refractivity contribution in [3.05, 3.63) is 18.0 Å². The monoisotopic (exact) mass is 195 g/mol. The lowest BCUT2D eigenvalue weighted by Crippen LogP contribution is -2.46. The van der Waals surface area contributed by atoms with Gasteiger partial charge in [-0.1, -0.05) is 0 Å². The second-order valence-corrected chi connectivity index (χ2v) is 3.71. The molecule has 2 rings (SSSR count). The highest BCUT2D eigenvalue weighted by Crippen LogP contribution is 2.21. The molecule has 2 heterocycles. The average molecular weight is 195 g/mol. The first kappa shape index (κ1) is 9.24. The molecule has 0 aliphatic carbocycles. The number of hydrogen-bond donors (Lipinski definition) is 0. The Morgan fingerprint density at radius 3 is 3.07 bits per heavy atom. The lowest BCUT2D eigenvalue weighted by molar-refractivity contribution is -0.893. The molecule has 0 spiro atoms. The summed E-state index contributed by atoms with van der Waals surface area (Å²) in [7, 11) is 0. The number of carbonyl (C=O) groups is 1.